The first-order chi connectivity index (χ1) is 19.8. The van der Waals surface area contributed by atoms with Crippen molar-refractivity contribution in [3.63, 3.8) is 0 Å². The lowest BCUT2D eigenvalue weighted by atomic mass is 10.1. The maximum atomic E-state index is 12.2. The standard InChI is InChI=1S/C29H32N8O4/c1-36(2)29(40)41-23-13-11-20(12-14-23)16-24(25(38)39)32-27-33-26(31-18-21-8-5-4-6-9-21)34-28(35-27)37(3)19-22-10-7-15-30-17-22/h4-15,17,24H,16,18-19H2,1-3H3,(H,38,39)(H2,31,32,33,34,35)/t24-/m0/s1. The molecule has 12 heteroatoms. The second-order valence-corrected chi connectivity index (χ2v) is 9.48. The molecular weight excluding hydrogens is 524 g/mol. The molecule has 0 aliphatic carbocycles. The molecule has 0 bridgehead atoms. The van der Waals surface area contributed by atoms with Gasteiger partial charge in [-0.15, -0.1) is 0 Å². The zero-order valence-electron chi connectivity index (χ0n) is 23.1. The summed E-state index contributed by atoms with van der Waals surface area (Å²) >= 11 is 0. The van der Waals surface area contributed by atoms with Crippen LogP contribution in [0.15, 0.2) is 79.1 Å². The first-order valence-electron chi connectivity index (χ1n) is 12.9. The van der Waals surface area contributed by atoms with Gasteiger partial charge in [-0.1, -0.05) is 48.5 Å². The number of ether oxygens (including phenoxy) is 1. The van der Waals surface area contributed by atoms with Crippen LogP contribution >= 0.6 is 0 Å². The lowest BCUT2D eigenvalue weighted by Gasteiger charge is -2.20. The van der Waals surface area contributed by atoms with Crippen LogP contribution in [0.3, 0.4) is 0 Å². The van der Waals surface area contributed by atoms with E-state index in [4.69, 9.17) is 4.74 Å². The Labute approximate surface area is 238 Å². The molecule has 2 aromatic carbocycles. The molecule has 0 aliphatic rings. The van der Waals surface area contributed by atoms with Gasteiger partial charge in [0.15, 0.2) is 0 Å². The van der Waals surface area contributed by atoms with Crippen LogP contribution in [-0.4, -0.2) is 69.2 Å². The Bertz CT molecular complexity index is 1440. The largest absolute Gasteiger partial charge is 0.480 e. The maximum Gasteiger partial charge on any atom is 0.414 e. The fourth-order valence-corrected chi connectivity index (χ4v) is 3.77. The Morgan fingerprint density at radius 1 is 0.878 bits per heavy atom. The summed E-state index contributed by atoms with van der Waals surface area (Å²) in [7, 11) is 5.02. The Morgan fingerprint density at radius 3 is 2.24 bits per heavy atom. The van der Waals surface area contributed by atoms with E-state index in [-0.39, 0.29) is 12.4 Å². The number of carbonyl (C=O) groups excluding carboxylic acids is 1. The molecule has 4 aromatic rings. The predicted molar refractivity (Wildman–Crippen MR) is 155 cm³/mol. The number of carboxylic acids is 1. The van der Waals surface area contributed by atoms with Crippen LogP contribution in [-0.2, 0) is 24.3 Å². The average molecular weight is 557 g/mol. The van der Waals surface area contributed by atoms with Crippen molar-refractivity contribution in [1.82, 2.24) is 24.8 Å². The molecule has 0 fully saturated rings. The van der Waals surface area contributed by atoms with Gasteiger partial charge >= 0.3 is 12.1 Å². The van der Waals surface area contributed by atoms with Gasteiger partial charge < -0.3 is 30.3 Å². The van der Waals surface area contributed by atoms with Crippen LogP contribution in [0.25, 0.3) is 0 Å². The van der Waals surface area contributed by atoms with E-state index in [0.29, 0.717) is 30.7 Å². The van der Waals surface area contributed by atoms with E-state index in [0.717, 1.165) is 16.7 Å². The Balaban J connectivity index is 1.53. The van der Waals surface area contributed by atoms with Gasteiger partial charge in [-0.2, -0.15) is 15.0 Å². The van der Waals surface area contributed by atoms with Gasteiger partial charge in [0.05, 0.1) is 0 Å². The normalized spacial score (nSPS) is 11.3. The number of hydrogen-bond donors (Lipinski definition) is 3. The summed E-state index contributed by atoms with van der Waals surface area (Å²) in [4.78, 5) is 44.8. The second kappa shape index (κ2) is 13.7. The van der Waals surface area contributed by atoms with Crippen LogP contribution in [0.1, 0.15) is 16.7 Å². The molecule has 1 atom stereocenters. The van der Waals surface area contributed by atoms with Crippen molar-refractivity contribution in [1.29, 1.82) is 0 Å². The van der Waals surface area contributed by atoms with E-state index in [2.05, 4.69) is 30.6 Å². The molecule has 0 saturated heterocycles. The number of nitrogens with one attached hydrogen (secondary N) is 2. The number of anilines is 3. The van der Waals surface area contributed by atoms with Crippen LogP contribution in [0, 0.1) is 0 Å². The Morgan fingerprint density at radius 2 is 1.59 bits per heavy atom. The van der Waals surface area contributed by atoms with Gasteiger partial charge in [0.2, 0.25) is 17.8 Å². The molecule has 0 unspecified atom stereocenters. The van der Waals surface area contributed by atoms with E-state index >= 15 is 0 Å². The monoisotopic (exact) mass is 556 g/mol. The first-order valence-corrected chi connectivity index (χ1v) is 12.9. The summed E-state index contributed by atoms with van der Waals surface area (Å²) in [6, 6.07) is 19.2. The van der Waals surface area contributed by atoms with Crippen LogP contribution in [0.4, 0.5) is 22.6 Å². The third-order valence-electron chi connectivity index (χ3n) is 5.94. The fourth-order valence-electron chi connectivity index (χ4n) is 3.77. The SMILES string of the molecule is CN(C)C(=O)Oc1ccc(C[C@H](Nc2nc(NCc3ccccc3)nc(N(C)Cc3cccnc3)n2)C(=O)O)cc1. The van der Waals surface area contributed by atoms with E-state index in [1.165, 1.54) is 4.90 Å². The fraction of sp³-hybridized carbons (Fsp3) is 0.241. The number of hydrogen-bond acceptors (Lipinski definition) is 10. The number of aliphatic carboxylic acids is 1. The summed E-state index contributed by atoms with van der Waals surface area (Å²) in [5.41, 5.74) is 2.72. The molecule has 212 valence electrons. The van der Waals surface area contributed by atoms with E-state index in [1.54, 1.807) is 50.8 Å². The van der Waals surface area contributed by atoms with Crippen molar-refractivity contribution in [2.45, 2.75) is 25.6 Å². The molecule has 1 amide bonds. The second-order valence-electron chi connectivity index (χ2n) is 9.48. The van der Waals surface area contributed by atoms with E-state index in [1.807, 2.05) is 54.4 Å². The van der Waals surface area contributed by atoms with Gasteiger partial charge in [-0.05, 0) is 34.9 Å². The highest BCUT2D eigenvalue weighted by Crippen LogP contribution is 2.19. The number of rotatable bonds is 12. The third kappa shape index (κ3) is 8.62. The Kier molecular flexibility index (Phi) is 9.60. The number of carbonyl (C=O) groups is 2. The smallest absolute Gasteiger partial charge is 0.414 e. The van der Waals surface area contributed by atoms with Crippen molar-refractivity contribution in [3.8, 4) is 5.75 Å². The summed E-state index contributed by atoms with van der Waals surface area (Å²) in [5, 5.41) is 16.1. The minimum atomic E-state index is -1.07. The number of amides is 1. The highest BCUT2D eigenvalue weighted by molar-refractivity contribution is 5.77. The van der Waals surface area contributed by atoms with Gasteiger partial charge in [0.25, 0.3) is 0 Å². The highest BCUT2D eigenvalue weighted by Gasteiger charge is 2.21. The molecule has 3 N–H and O–H groups in total. The van der Waals surface area contributed by atoms with Crippen molar-refractivity contribution in [2.75, 3.05) is 36.7 Å². The number of nitrogens with zero attached hydrogens (tertiary/aromatic N) is 6. The zero-order valence-corrected chi connectivity index (χ0v) is 23.1. The maximum absolute atomic E-state index is 12.2. The van der Waals surface area contributed by atoms with Gasteiger partial charge in [0.1, 0.15) is 11.8 Å². The zero-order chi connectivity index (χ0) is 29.2. The van der Waals surface area contributed by atoms with E-state index < -0.39 is 18.1 Å². The van der Waals surface area contributed by atoms with Crippen molar-refractivity contribution in [3.05, 3.63) is 95.8 Å². The molecule has 12 nitrogen and oxygen atoms in total. The molecule has 4 rings (SSSR count). The summed E-state index contributed by atoms with van der Waals surface area (Å²) in [6.45, 7) is 0.964. The third-order valence-corrected chi connectivity index (χ3v) is 5.94. The van der Waals surface area contributed by atoms with Crippen LogP contribution in [0.5, 0.6) is 5.75 Å². The molecule has 41 heavy (non-hydrogen) atoms. The highest BCUT2D eigenvalue weighted by atomic mass is 16.6. The van der Waals surface area contributed by atoms with Crippen LogP contribution < -0.4 is 20.3 Å². The van der Waals surface area contributed by atoms with Crippen molar-refractivity contribution in [2.24, 2.45) is 0 Å². The quantitative estimate of drug-likeness (QED) is 0.235. The minimum Gasteiger partial charge on any atom is -0.480 e. The Hall–Kier alpha value is -5.26. The summed E-state index contributed by atoms with van der Waals surface area (Å²) < 4.78 is 5.24. The lowest BCUT2D eigenvalue weighted by molar-refractivity contribution is -0.137. The number of aromatic nitrogens is 4. The van der Waals surface area contributed by atoms with Gasteiger partial charge in [-0.25, -0.2) is 9.59 Å². The minimum absolute atomic E-state index is 0.118. The predicted octanol–water partition coefficient (Wildman–Crippen LogP) is 3.68. The lowest BCUT2D eigenvalue weighted by Crippen LogP contribution is -2.33. The van der Waals surface area contributed by atoms with Gasteiger partial charge in [-0.3, -0.25) is 4.98 Å². The average Bonchev–Trinajstić information content (AvgIpc) is 2.97. The van der Waals surface area contributed by atoms with Crippen LogP contribution in [0.2, 0.25) is 0 Å². The molecule has 2 heterocycles. The van der Waals surface area contributed by atoms with E-state index in [9.17, 15) is 14.7 Å². The molecule has 0 spiro atoms. The number of carboxylic acid groups (broad SMARTS) is 1. The molecular formula is C29H32N8O4. The molecule has 0 saturated carbocycles. The number of pyridine rings is 1. The first kappa shape index (κ1) is 28.7. The van der Waals surface area contributed by atoms with Crippen molar-refractivity contribution >= 4 is 29.9 Å². The molecule has 0 radical (unpaired) electrons. The summed E-state index contributed by atoms with van der Waals surface area (Å²) in [6.07, 6.45) is 3.10. The number of benzene rings is 2. The van der Waals surface area contributed by atoms with Gasteiger partial charge in [0, 0.05) is 53.0 Å². The van der Waals surface area contributed by atoms with Crippen molar-refractivity contribution < 1.29 is 19.4 Å². The topological polar surface area (TPSA) is 146 Å². The summed E-state index contributed by atoms with van der Waals surface area (Å²) in [5.74, 6) is 0.0685. The molecule has 2 aromatic heterocycles. The molecule has 0 aliphatic heterocycles.